The van der Waals surface area contributed by atoms with Crippen molar-refractivity contribution in [1.29, 1.82) is 0 Å². The molecule has 5 nitrogen and oxygen atoms in total. The standard InChI is InChI=1S/C12H24N2O3/c1-10(2)8-16-5-6-17-9-12(3-4-12)7-11(13)14-15/h10,15H,3-9H2,1-2H3,(H2,13,14). The van der Waals surface area contributed by atoms with Gasteiger partial charge in [-0.05, 0) is 18.8 Å². The zero-order chi connectivity index (χ0) is 12.7. The van der Waals surface area contributed by atoms with Gasteiger partial charge >= 0.3 is 0 Å². The second kappa shape index (κ2) is 6.81. The second-order valence-corrected chi connectivity index (χ2v) is 5.29. The summed E-state index contributed by atoms with van der Waals surface area (Å²) in [6.07, 6.45) is 2.81. The van der Waals surface area contributed by atoms with E-state index >= 15 is 0 Å². The van der Waals surface area contributed by atoms with Crippen molar-refractivity contribution in [3.8, 4) is 0 Å². The van der Waals surface area contributed by atoms with Crippen LogP contribution >= 0.6 is 0 Å². The van der Waals surface area contributed by atoms with Crippen LogP contribution in [0.4, 0.5) is 0 Å². The van der Waals surface area contributed by atoms with Crippen LogP contribution in [0, 0.1) is 11.3 Å². The van der Waals surface area contributed by atoms with E-state index in [0.717, 1.165) is 19.4 Å². The molecule has 0 amide bonds. The Morgan fingerprint density at radius 2 is 2.00 bits per heavy atom. The molecule has 0 aromatic heterocycles. The minimum absolute atomic E-state index is 0.119. The number of amidine groups is 1. The molecule has 1 saturated carbocycles. The van der Waals surface area contributed by atoms with E-state index < -0.39 is 0 Å². The second-order valence-electron chi connectivity index (χ2n) is 5.29. The Bertz CT molecular complexity index is 250. The van der Waals surface area contributed by atoms with Crippen LogP contribution in [0.15, 0.2) is 5.16 Å². The summed E-state index contributed by atoms with van der Waals surface area (Å²) in [4.78, 5) is 0. The first kappa shape index (κ1) is 14.3. The van der Waals surface area contributed by atoms with Crippen LogP contribution in [-0.4, -0.2) is 37.5 Å². The molecule has 0 saturated heterocycles. The highest BCUT2D eigenvalue weighted by Gasteiger charge is 2.43. The van der Waals surface area contributed by atoms with Gasteiger partial charge in [0.2, 0.25) is 0 Å². The molecule has 0 aromatic rings. The van der Waals surface area contributed by atoms with Crippen molar-refractivity contribution in [3.05, 3.63) is 0 Å². The topological polar surface area (TPSA) is 77.1 Å². The Labute approximate surface area is 103 Å². The van der Waals surface area contributed by atoms with Crippen molar-refractivity contribution in [2.45, 2.75) is 33.1 Å². The maximum atomic E-state index is 8.52. The summed E-state index contributed by atoms with van der Waals surface area (Å²) in [6.45, 7) is 6.95. The zero-order valence-corrected chi connectivity index (χ0v) is 10.8. The van der Waals surface area contributed by atoms with Crippen molar-refractivity contribution in [2.75, 3.05) is 26.4 Å². The number of nitrogens with two attached hydrogens (primary N) is 1. The first-order chi connectivity index (χ1) is 8.08. The predicted molar refractivity (Wildman–Crippen MR) is 66.2 cm³/mol. The van der Waals surface area contributed by atoms with Gasteiger partial charge in [0, 0.05) is 18.4 Å². The Morgan fingerprint density at radius 1 is 1.35 bits per heavy atom. The smallest absolute Gasteiger partial charge is 0.139 e. The third-order valence-corrected chi connectivity index (χ3v) is 2.87. The van der Waals surface area contributed by atoms with Crippen molar-refractivity contribution in [1.82, 2.24) is 0 Å². The third-order valence-electron chi connectivity index (χ3n) is 2.87. The van der Waals surface area contributed by atoms with Gasteiger partial charge in [-0.15, -0.1) is 0 Å². The summed E-state index contributed by atoms with van der Waals surface area (Å²) in [5.41, 5.74) is 5.62. The van der Waals surface area contributed by atoms with Gasteiger partial charge in [0.05, 0.1) is 19.8 Å². The summed E-state index contributed by atoms with van der Waals surface area (Å²) >= 11 is 0. The SMILES string of the molecule is CC(C)COCCOCC1(CC(N)=NO)CC1. The number of hydrogen-bond donors (Lipinski definition) is 2. The summed E-state index contributed by atoms with van der Waals surface area (Å²) in [5, 5.41) is 11.5. The molecule has 0 atom stereocenters. The average Bonchev–Trinajstić information content (AvgIpc) is 3.03. The minimum atomic E-state index is 0.119. The largest absolute Gasteiger partial charge is 0.409 e. The molecule has 0 unspecified atom stereocenters. The fraction of sp³-hybridized carbons (Fsp3) is 0.917. The number of ether oxygens (including phenoxy) is 2. The van der Waals surface area contributed by atoms with Gasteiger partial charge in [-0.25, -0.2) is 0 Å². The molecule has 1 aliphatic carbocycles. The molecule has 0 radical (unpaired) electrons. The van der Waals surface area contributed by atoms with Crippen LogP contribution < -0.4 is 5.73 Å². The number of oxime groups is 1. The molecule has 100 valence electrons. The molecule has 0 heterocycles. The van der Waals surface area contributed by atoms with Gasteiger partial charge < -0.3 is 20.4 Å². The molecule has 0 bridgehead atoms. The quantitative estimate of drug-likeness (QED) is 0.212. The molecule has 0 aliphatic heterocycles. The molecule has 5 heteroatoms. The molecule has 1 fully saturated rings. The maximum Gasteiger partial charge on any atom is 0.139 e. The van der Waals surface area contributed by atoms with Crippen molar-refractivity contribution < 1.29 is 14.7 Å². The predicted octanol–water partition coefficient (Wildman–Crippen LogP) is 1.59. The Hall–Kier alpha value is -0.810. The third kappa shape index (κ3) is 5.89. The monoisotopic (exact) mass is 244 g/mol. The fourth-order valence-corrected chi connectivity index (χ4v) is 1.69. The molecule has 17 heavy (non-hydrogen) atoms. The Morgan fingerprint density at radius 3 is 2.53 bits per heavy atom. The fourth-order valence-electron chi connectivity index (χ4n) is 1.69. The first-order valence-electron chi connectivity index (χ1n) is 6.20. The molecular formula is C12H24N2O3. The summed E-state index contributed by atoms with van der Waals surface area (Å²) in [6, 6.07) is 0. The highest BCUT2D eigenvalue weighted by Crippen LogP contribution is 2.48. The van der Waals surface area contributed by atoms with E-state index in [9.17, 15) is 0 Å². The van der Waals surface area contributed by atoms with Crippen LogP contribution in [0.5, 0.6) is 0 Å². The highest BCUT2D eigenvalue weighted by atomic mass is 16.5. The minimum Gasteiger partial charge on any atom is -0.409 e. The van der Waals surface area contributed by atoms with Gasteiger partial charge in [-0.1, -0.05) is 19.0 Å². The lowest BCUT2D eigenvalue weighted by Crippen LogP contribution is -2.22. The lowest BCUT2D eigenvalue weighted by molar-refractivity contribution is 0.0222. The number of rotatable bonds is 9. The van der Waals surface area contributed by atoms with E-state index in [4.69, 9.17) is 20.4 Å². The van der Waals surface area contributed by atoms with Gasteiger partial charge in [0.25, 0.3) is 0 Å². The zero-order valence-electron chi connectivity index (χ0n) is 10.8. The summed E-state index contributed by atoms with van der Waals surface area (Å²) in [7, 11) is 0. The van der Waals surface area contributed by atoms with E-state index in [0.29, 0.717) is 38.0 Å². The number of hydrogen-bond acceptors (Lipinski definition) is 4. The Kier molecular flexibility index (Phi) is 5.71. The van der Waals surface area contributed by atoms with E-state index in [2.05, 4.69) is 19.0 Å². The van der Waals surface area contributed by atoms with Crippen LogP contribution in [0.1, 0.15) is 33.1 Å². The summed E-state index contributed by atoms with van der Waals surface area (Å²) < 4.78 is 11.0. The molecule has 1 aliphatic rings. The lowest BCUT2D eigenvalue weighted by atomic mass is 10.0. The van der Waals surface area contributed by atoms with Gasteiger partial charge in [0.15, 0.2) is 0 Å². The Balaban J connectivity index is 2.03. The van der Waals surface area contributed by atoms with Crippen molar-refractivity contribution in [3.63, 3.8) is 0 Å². The van der Waals surface area contributed by atoms with Crippen molar-refractivity contribution in [2.24, 2.45) is 22.2 Å². The maximum absolute atomic E-state index is 8.52. The van der Waals surface area contributed by atoms with Crippen LogP contribution in [0.2, 0.25) is 0 Å². The lowest BCUT2D eigenvalue weighted by Gasteiger charge is -2.14. The van der Waals surface area contributed by atoms with Crippen LogP contribution in [-0.2, 0) is 9.47 Å². The van der Waals surface area contributed by atoms with Crippen LogP contribution in [0.3, 0.4) is 0 Å². The molecule has 0 spiro atoms. The van der Waals surface area contributed by atoms with E-state index in [-0.39, 0.29) is 5.41 Å². The van der Waals surface area contributed by atoms with Gasteiger partial charge in [-0.2, -0.15) is 0 Å². The van der Waals surface area contributed by atoms with E-state index in [1.54, 1.807) is 0 Å². The summed E-state index contributed by atoms with van der Waals surface area (Å²) in [5.74, 6) is 0.854. The molecular weight excluding hydrogens is 220 g/mol. The molecule has 1 rings (SSSR count). The van der Waals surface area contributed by atoms with E-state index in [1.165, 1.54) is 0 Å². The van der Waals surface area contributed by atoms with Gasteiger partial charge in [0.1, 0.15) is 5.84 Å². The highest BCUT2D eigenvalue weighted by molar-refractivity contribution is 5.80. The number of nitrogens with zero attached hydrogens (tertiary/aromatic N) is 1. The molecule has 0 aromatic carbocycles. The molecule has 3 N–H and O–H groups in total. The normalized spacial score (nSPS) is 18.6. The van der Waals surface area contributed by atoms with Crippen LogP contribution in [0.25, 0.3) is 0 Å². The first-order valence-corrected chi connectivity index (χ1v) is 6.20. The average molecular weight is 244 g/mol. The van der Waals surface area contributed by atoms with E-state index in [1.807, 2.05) is 0 Å². The van der Waals surface area contributed by atoms with Crippen molar-refractivity contribution >= 4 is 5.84 Å². The van der Waals surface area contributed by atoms with Gasteiger partial charge in [-0.3, -0.25) is 0 Å².